The molecule has 0 aromatic carbocycles. The molecule has 0 amide bonds. The van der Waals surface area contributed by atoms with E-state index in [-0.39, 0.29) is 18.3 Å². The van der Waals surface area contributed by atoms with Gasteiger partial charge in [-0.2, -0.15) is 0 Å². The molecule has 174 valence electrons. The van der Waals surface area contributed by atoms with Crippen molar-refractivity contribution >= 4 is 11.9 Å². The third kappa shape index (κ3) is 2.96. The first-order valence-electron chi connectivity index (χ1n) is 11.3. The van der Waals surface area contributed by atoms with Crippen LogP contribution in [0.5, 0.6) is 0 Å². The molecule has 4 saturated carbocycles. The van der Waals surface area contributed by atoms with Gasteiger partial charge in [-0.15, -0.1) is 0 Å². The Labute approximate surface area is 183 Å². The highest BCUT2D eigenvalue weighted by Crippen LogP contribution is 2.72. The van der Waals surface area contributed by atoms with E-state index in [9.17, 15) is 24.9 Å². The fourth-order valence-corrected chi connectivity index (χ4v) is 8.46. The fourth-order valence-electron chi connectivity index (χ4n) is 8.46. The Morgan fingerprint density at radius 1 is 0.968 bits per heavy atom. The SMILES string of the molecule is C=C1[C@@H]2C[C@H](O)[C@@H]3[C@](C2)(C[C@H](OC(C)=O)[C@@H]2C(C)(C)[C@@H](OC(C)=O)C[C@@H](O)[C@]23C)[C@@H]1O. The number of fused-ring (bicyclic) bond motifs is 3. The minimum absolute atomic E-state index is 0.0157. The van der Waals surface area contributed by atoms with Crippen molar-refractivity contribution < 1.29 is 34.4 Å². The van der Waals surface area contributed by atoms with Crippen molar-refractivity contribution in [3.05, 3.63) is 12.2 Å². The summed E-state index contributed by atoms with van der Waals surface area (Å²) in [4.78, 5) is 23.9. The predicted octanol–water partition coefficient (Wildman–Crippen LogP) is 1.97. The normalized spacial score (nSPS) is 50.3. The first kappa shape index (κ1) is 22.7. The number of esters is 2. The van der Waals surface area contributed by atoms with E-state index in [1.54, 1.807) is 0 Å². The summed E-state index contributed by atoms with van der Waals surface area (Å²) in [6.45, 7) is 12.7. The summed E-state index contributed by atoms with van der Waals surface area (Å²) >= 11 is 0. The van der Waals surface area contributed by atoms with Gasteiger partial charge in [0, 0.05) is 48.3 Å². The molecule has 0 saturated heterocycles. The van der Waals surface area contributed by atoms with E-state index in [0.717, 1.165) is 5.57 Å². The number of rotatable bonds is 2. The second-order valence-electron chi connectivity index (χ2n) is 11.3. The molecule has 4 fully saturated rings. The van der Waals surface area contributed by atoms with E-state index >= 15 is 0 Å². The minimum atomic E-state index is -0.901. The summed E-state index contributed by atoms with van der Waals surface area (Å²) in [6, 6.07) is 0. The second-order valence-corrected chi connectivity index (χ2v) is 11.3. The first-order chi connectivity index (χ1) is 14.3. The zero-order valence-electron chi connectivity index (χ0n) is 19.1. The Morgan fingerprint density at radius 2 is 1.58 bits per heavy atom. The maximum absolute atomic E-state index is 12.1. The van der Waals surface area contributed by atoms with Gasteiger partial charge in [-0.05, 0) is 30.8 Å². The maximum atomic E-state index is 12.1. The molecule has 31 heavy (non-hydrogen) atoms. The molecule has 7 nitrogen and oxygen atoms in total. The number of carbonyl (C=O) groups excluding carboxylic acids is 2. The van der Waals surface area contributed by atoms with Crippen LogP contribution >= 0.6 is 0 Å². The van der Waals surface area contributed by atoms with Crippen LogP contribution in [0.4, 0.5) is 0 Å². The lowest BCUT2D eigenvalue weighted by molar-refractivity contribution is -0.291. The van der Waals surface area contributed by atoms with E-state index in [2.05, 4.69) is 6.58 Å². The van der Waals surface area contributed by atoms with E-state index in [4.69, 9.17) is 9.47 Å². The smallest absolute Gasteiger partial charge is 0.302 e. The molecule has 0 aromatic rings. The molecule has 0 unspecified atom stereocenters. The molecule has 0 radical (unpaired) electrons. The molecule has 4 rings (SSSR count). The van der Waals surface area contributed by atoms with Gasteiger partial charge in [0.15, 0.2) is 0 Å². The molecule has 1 spiro atoms. The van der Waals surface area contributed by atoms with Crippen molar-refractivity contribution in [2.24, 2.45) is 34.0 Å². The van der Waals surface area contributed by atoms with Gasteiger partial charge >= 0.3 is 11.9 Å². The van der Waals surface area contributed by atoms with Crippen molar-refractivity contribution in [2.45, 2.75) is 90.8 Å². The Kier molecular flexibility index (Phi) is 5.16. The third-order valence-corrected chi connectivity index (χ3v) is 9.28. The summed E-state index contributed by atoms with van der Waals surface area (Å²) in [7, 11) is 0. The Hall–Kier alpha value is -1.44. The van der Waals surface area contributed by atoms with Gasteiger partial charge in [-0.25, -0.2) is 0 Å². The highest BCUT2D eigenvalue weighted by molar-refractivity contribution is 5.67. The lowest BCUT2D eigenvalue weighted by Crippen LogP contribution is -2.72. The fraction of sp³-hybridized carbons (Fsp3) is 0.833. The van der Waals surface area contributed by atoms with Gasteiger partial charge in [-0.3, -0.25) is 9.59 Å². The van der Waals surface area contributed by atoms with E-state index < -0.39 is 64.6 Å². The lowest BCUT2D eigenvalue weighted by atomic mass is 9.38. The number of carbonyl (C=O) groups is 2. The Balaban J connectivity index is 1.88. The molecule has 4 aliphatic carbocycles. The van der Waals surface area contributed by atoms with Crippen LogP contribution in [0.1, 0.15) is 60.3 Å². The average Bonchev–Trinajstić information content (AvgIpc) is 2.79. The van der Waals surface area contributed by atoms with Gasteiger partial charge in [0.25, 0.3) is 0 Å². The van der Waals surface area contributed by atoms with E-state index in [1.165, 1.54) is 13.8 Å². The van der Waals surface area contributed by atoms with Crippen LogP contribution in [0.15, 0.2) is 12.2 Å². The molecule has 4 aliphatic rings. The van der Waals surface area contributed by atoms with Crippen LogP contribution in [0.2, 0.25) is 0 Å². The maximum Gasteiger partial charge on any atom is 0.302 e. The number of hydrogen-bond donors (Lipinski definition) is 3. The van der Waals surface area contributed by atoms with Crippen molar-refractivity contribution in [1.29, 1.82) is 0 Å². The van der Waals surface area contributed by atoms with Gasteiger partial charge in [0.2, 0.25) is 0 Å². The molecule has 0 heterocycles. The van der Waals surface area contributed by atoms with Crippen LogP contribution in [0.25, 0.3) is 0 Å². The standard InChI is InChI=1S/C24H36O7/c1-11-14-7-15(27)19-23(6)17(28)8-18(31-13(3)26)22(4,5)20(23)16(30-12(2)25)10-24(19,9-14)21(11)29/h14-21,27-29H,1,7-10H2,2-6H3/t14-,15+,16+,17-,18+,19+,20-,21-,23+,24+/m1/s1. The topological polar surface area (TPSA) is 113 Å². The predicted molar refractivity (Wildman–Crippen MR) is 112 cm³/mol. The monoisotopic (exact) mass is 436 g/mol. The molecule has 10 atom stereocenters. The number of aliphatic hydroxyl groups excluding tert-OH is 3. The Bertz CT molecular complexity index is 806. The van der Waals surface area contributed by atoms with Gasteiger partial charge in [0.1, 0.15) is 12.2 Å². The third-order valence-electron chi connectivity index (χ3n) is 9.28. The second kappa shape index (κ2) is 7.03. The molecule has 0 aliphatic heterocycles. The largest absolute Gasteiger partial charge is 0.462 e. The van der Waals surface area contributed by atoms with Crippen molar-refractivity contribution in [3.8, 4) is 0 Å². The van der Waals surface area contributed by atoms with Gasteiger partial charge < -0.3 is 24.8 Å². The zero-order chi connectivity index (χ0) is 23.1. The van der Waals surface area contributed by atoms with Crippen LogP contribution in [-0.4, -0.2) is 57.8 Å². The van der Waals surface area contributed by atoms with Gasteiger partial charge in [-0.1, -0.05) is 27.4 Å². The molecule has 7 heteroatoms. The highest BCUT2D eigenvalue weighted by atomic mass is 16.6. The zero-order valence-corrected chi connectivity index (χ0v) is 19.1. The Morgan fingerprint density at radius 3 is 2.16 bits per heavy atom. The molecular weight excluding hydrogens is 400 g/mol. The summed E-state index contributed by atoms with van der Waals surface area (Å²) in [5.74, 6) is -1.61. The summed E-state index contributed by atoms with van der Waals surface area (Å²) in [5, 5.41) is 34.2. The molecule has 2 bridgehead atoms. The number of ether oxygens (including phenoxy) is 2. The van der Waals surface area contributed by atoms with Crippen LogP contribution in [-0.2, 0) is 19.1 Å². The first-order valence-corrected chi connectivity index (χ1v) is 11.3. The highest BCUT2D eigenvalue weighted by Gasteiger charge is 2.74. The lowest BCUT2D eigenvalue weighted by Gasteiger charge is -2.68. The van der Waals surface area contributed by atoms with Gasteiger partial charge in [0.05, 0.1) is 18.3 Å². The minimum Gasteiger partial charge on any atom is -0.462 e. The van der Waals surface area contributed by atoms with Crippen molar-refractivity contribution in [3.63, 3.8) is 0 Å². The molecule has 0 aromatic heterocycles. The molecular formula is C24H36O7. The average molecular weight is 437 g/mol. The van der Waals surface area contributed by atoms with Crippen molar-refractivity contribution in [1.82, 2.24) is 0 Å². The van der Waals surface area contributed by atoms with Crippen LogP contribution in [0, 0.1) is 34.0 Å². The van der Waals surface area contributed by atoms with Crippen LogP contribution in [0.3, 0.4) is 0 Å². The number of aliphatic hydroxyl groups is 3. The summed E-state index contributed by atoms with van der Waals surface area (Å²) in [6.07, 6.45) is -1.80. The van der Waals surface area contributed by atoms with E-state index in [0.29, 0.717) is 19.3 Å². The summed E-state index contributed by atoms with van der Waals surface area (Å²) < 4.78 is 11.5. The quantitative estimate of drug-likeness (QED) is 0.448. The molecule has 3 N–H and O–H groups in total. The summed E-state index contributed by atoms with van der Waals surface area (Å²) in [5.41, 5.74) is -1.46. The van der Waals surface area contributed by atoms with E-state index in [1.807, 2.05) is 20.8 Å². The number of hydrogen-bond acceptors (Lipinski definition) is 7. The van der Waals surface area contributed by atoms with Crippen LogP contribution < -0.4 is 0 Å². The van der Waals surface area contributed by atoms with Crippen molar-refractivity contribution in [2.75, 3.05) is 0 Å².